The highest BCUT2D eigenvalue weighted by atomic mass is 79.9. The molecule has 5 rings (SSSR count). The molecule has 0 aliphatic carbocycles. The first-order valence-corrected chi connectivity index (χ1v) is 10.1. The van der Waals surface area contributed by atoms with Crippen LogP contribution in [0.4, 0.5) is 0 Å². The van der Waals surface area contributed by atoms with Gasteiger partial charge in [0, 0.05) is 20.9 Å². The van der Waals surface area contributed by atoms with Crippen LogP contribution in [0.2, 0.25) is 0 Å². The summed E-state index contributed by atoms with van der Waals surface area (Å²) in [5.74, 6) is 0. The van der Waals surface area contributed by atoms with E-state index in [9.17, 15) is 0 Å². The zero-order valence-corrected chi connectivity index (χ0v) is 16.8. The van der Waals surface area contributed by atoms with Gasteiger partial charge in [-0.25, -0.2) is 0 Å². The van der Waals surface area contributed by atoms with E-state index in [2.05, 4.69) is 130 Å². The summed E-state index contributed by atoms with van der Waals surface area (Å²) in [5.41, 5.74) is 6.03. The molecule has 0 amide bonds. The third kappa shape index (κ3) is 3.06. The Morgan fingerprint density at radius 3 is 1.54 bits per heavy atom. The molecule has 0 atom stereocenters. The van der Waals surface area contributed by atoms with Gasteiger partial charge in [0.25, 0.3) is 0 Å². The van der Waals surface area contributed by atoms with Gasteiger partial charge in [0.2, 0.25) is 0 Å². The maximum atomic E-state index is 3.48. The average Bonchev–Trinajstić information content (AvgIpc) is 3.08. The molecule has 1 aromatic heterocycles. The highest BCUT2D eigenvalue weighted by molar-refractivity contribution is 9.10. The number of hydrogen-bond donors (Lipinski definition) is 0. The van der Waals surface area contributed by atoms with Gasteiger partial charge in [0.15, 0.2) is 0 Å². The normalized spacial score (nSPS) is 11.6. The van der Waals surface area contributed by atoms with Gasteiger partial charge >= 0.3 is 0 Å². The molecule has 2 heteroatoms. The van der Waals surface area contributed by atoms with Crippen LogP contribution in [0.15, 0.2) is 102 Å². The molecule has 134 valence electrons. The van der Waals surface area contributed by atoms with Crippen LogP contribution in [0, 0.1) is 0 Å². The first kappa shape index (κ1) is 17.0. The van der Waals surface area contributed by atoms with Crippen molar-refractivity contribution >= 4 is 49.9 Å². The molecule has 0 aliphatic heterocycles. The fourth-order valence-electron chi connectivity index (χ4n) is 3.70. The molecule has 1 nitrogen and oxygen atoms in total. The van der Waals surface area contributed by atoms with Crippen molar-refractivity contribution in [2.75, 3.05) is 0 Å². The number of benzene rings is 4. The topological polar surface area (TPSA) is 4.93 Å². The second kappa shape index (κ2) is 7.14. The fraction of sp³-hybridized carbons (Fsp3) is 0. The fourth-order valence-corrected chi connectivity index (χ4v) is 3.97. The molecular formula is C26H18BrN. The molecule has 28 heavy (non-hydrogen) atoms. The summed E-state index contributed by atoms with van der Waals surface area (Å²) in [6, 6.07) is 34.3. The first-order valence-electron chi connectivity index (χ1n) is 9.32. The summed E-state index contributed by atoms with van der Waals surface area (Å²) >= 11 is 3.48. The van der Waals surface area contributed by atoms with Gasteiger partial charge in [-0.15, -0.1) is 0 Å². The summed E-state index contributed by atoms with van der Waals surface area (Å²) in [6.07, 6.45) is 4.29. The third-order valence-corrected chi connectivity index (χ3v) is 5.60. The number of para-hydroxylation sites is 2. The standard InChI is InChI=1S/C26H18BrN/c27-21-15-11-19(12-16-21)9-10-20-13-17-22(18-14-20)28-25-7-3-1-5-23(25)24-6-2-4-8-26(24)28/h1-18H. The summed E-state index contributed by atoms with van der Waals surface area (Å²) in [7, 11) is 0. The molecule has 0 bridgehead atoms. The van der Waals surface area contributed by atoms with Crippen molar-refractivity contribution in [3.63, 3.8) is 0 Å². The number of nitrogens with zero attached hydrogens (tertiary/aromatic N) is 1. The van der Waals surface area contributed by atoms with Crippen LogP contribution >= 0.6 is 15.9 Å². The lowest BCUT2D eigenvalue weighted by molar-refractivity contribution is 1.18. The lowest BCUT2D eigenvalue weighted by Gasteiger charge is -2.08. The minimum atomic E-state index is 1.10. The van der Waals surface area contributed by atoms with Gasteiger partial charge < -0.3 is 4.57 Å². The predicted molar refractivity (Wildman–Crippen MR) is 124 cm³/mol. The molecule has 0 fully saturated rings. The first-order chi connectivity index (χ1) is 13.8. The minimum Gasteiger partial charge on any atom is -0.309 e. The van der Waals surface area contributed by atoms with Crippen molar-refractivity contribution in [2.45, 2.75) is 0 Å². The Morgan fingerprint density at radius 1 is 0.536 bits per heavy atom. The molecule has 5 aromatic rings. The van der Waals surface area contributed by atoms with E-state index < -0.39 is 0 Å². The predicted octanol–water partition coefficient (Wildman–Crippen LogP) is 7.72. The van der Waals surface area contributed by atoms with E-state index in [1.807, 2.05) is 0 Å². The van der Waals surface area contributed by atoms with E-state index in [0.29, 0.717) is 0 Å². The zero-order valence-electron chi connectivity index (χ0n) is 15.2. The number of hydrogen-bond acceptors (Lipinski definition) is 0. The molecular weight excluding hydrogens is 406 g/mol. The number of rotatable bonds is 3. The Kier molecular flexibility index (Phi) is 4.34. The molecule has 0 N–H and O–H groups in total. The van der Waals surface area contributed by atoms with Gasteiger partial charge in [0.1, 0.15) is 0 Å². The van der Waals surface area contributed by atoms with E-state index in [4.69, 9.17) is 0 Å². The van der Waals surface area contributed by atoms with Crippen molar-refractivity contribution in [1.29, 1.82) is 0 Å². The van der Waals surface area contributed by atoms with Crippen LogP contribution in [-0.2, 0) is 0 Å². The third-order valence-electron chi connectivity index (χ3n) is 5.07. The van der Waals surface area contributed by atoms with Crippen LogP contribution in [0.25, 0.3) is 39.6 Å². The lowest BCUT2D eigenvalue weighted by atomic mass is 10.1. The maximum absolute atomic E-state index is 3.48. The quantitative estimate of drug-likeness (QED) is 0.261. The number of halogens is 1. The summed E-state index contributed by atoms with van der Waals surface area (Å²) in [4.78, 5) is 0. The van der Waals surface area contributed by atoms with Gasteiger partial charge in [-0.2, -0.15) is 0 Å². The summed E-state index contributed by atoms with van der Waals surface area (Å²) < 4.78 is 3.44. The van der Waals surface area contributed by atoms with Gasteiger partial charge in [-0.3, -0.25) is 0 Å². The van der Waals surface area contributed by atoms with E-state index >= 15 is 0 Å². The number of fused-ring (bicyclic) bond motifs is 3. The maximum Gasteiger partial charge on any atom is 0.0541 e. The van der Waals surface area contributed by atoms with Crippen LogP contribution in [0.5, 0.6) is 0 Å². The van der Waals surface area contributed by atoms with Crippen LogP contribution in [0.3, 0.4) is 0 Å². The van der Waals surface area contributed by atoms with Crippen LogP contribution in [0.1, 0.15) is 11.1 Å². The van der Waals surface area contributed by atoms with Crippen molar-refractivity contribution in [3.05, 3.63) is 113 Å². The van der Waals surface area contributed by atoms with Gasteiger partial charge in [-0.1, -0.05) is 88.7 Å². The van der Waals surface area contributed by atoms with E-state index in [-0.39, 0.29) is 0 Å². The molecule has 0 spiro atoms. The molecule has 1 heterocycles. The largest absolute Gasteiger partial charge is 0.309 e. The molecule has 4 aromatic carbocycles. The molecule has 0 saturated heterocycles. The number of aromatic nitrogens is 1. The van der Waals surface area contributed by atoms with Crippen molar-refractivity contribution in [3.8, 4) is 5.69 Å². The average molecular weight is 424 g/mol. The van der Waals surface area contributed by atoms with Crippen LogP contribution < -0.4 is 0 Å². The Balaban J connectivity index is 1.55. The summed E-state index contributed by atoms with van der Waals surface area (Å²) in [5, 5.41) is 2.58. The molecule has 0 saturated carbocycles. The molecule has 0 radical (unpaired) electrons. The second-order valence-electron chi connectivity index (χ2n) is 6.85. The van der Waals surface area contributed by atoms with E-state index in [1.165, 1.54) is 38.6 Å². The highest BCUT2D eigenvalue weighted by Crippen LogP contribution is 2.31. The molecule has 0 aliphatic rings. The van der Waals surface area contributed by atoms with E-state index in [0.717, 1.165) is 4.47 Å². The zero-order chi connectivity index (χ0) is 18.9. The Labute approximate surface area is 172 Å². The summed E-state index contributed by atoms with van der Waals surface area (Å²) in [6.45, 7) is 0. The second-order valence-corrected chi connectivity index (χ2v) is 7.76. The Hall–Kier alpha value is -3.10. The Bertz CT molecular complexity index is 1240. The molecule has 0 unspecified atom stereocenters. The van der Waals surface area contributed by atoms with Crippen molar-refractivity contribution < 1.29 is 0 Å². The smallest absolute Gasteiger partial charge is 0.0541 e. The van der Waals surface area contributed by atoms with E-state index in [1.54, 1.807) is 0 Å². The van der Waals surface area contributed by atoms with Gasteiger partial charge in [-0.05, 0) is 47.5 Å². The Morgan fingerprint density at radius 2 is 1.00 bits per heavy atom. The van der Waals surface area contributed by atoms with Gasteiger partial charge in [0.05, 0.1) is 11.0 Å². The van der Waals surface area contributed by atoms with Crippen molar-refractivity contribution in [2.24, 2.45) is 0 Å². The SMILES string of the molecule is Brc1ccc(C=Cc2ccc(-n3c4ccccc4c4ccccc43)cc2)cc1. The van der Waals surface area contributed by atoms with Crippen molar-refractivity contribution in [1.82, 2.24) is 4.57 Å². The highest BCUT2D eigenvalue weighted by Gasteiger charge is 2.10. The minimum absolute atomic E-state index is 1.10. The lowest BCUT2D eigenvalue weighted by Crippen LogP contribution is -1.93. The van der Waals surface area contributed by atoms with Crippen LogP contribution in [-0.4, -0.2) is 4.57 Å². The monoisotopic (exact) mass is 423 g/mol.